The molecule has 0 saturated carbocycles. The monoisotopic (exact) mass is 743 g/mol. The third-order valence-corrected chi connectivity index (χ3v) is 10.5. The molecule has 0 fully saturated rings. The lowest BCUT2D eigenvalue weighted by Gasteiger charge is -2.34. The van der Waals surface area contributed by atoms with Gasteiger partial charge in [-0.1, -0.05) is 119 Å². The molecule has 0 spiro atoms. The first-order chi connectivity index (χ1) is 22.0. The van der Waals surface area contributed by atoms with Crippen LogP contribution in [-0.2, 0) is 32.6 Å². The normalized spacial score (nSPS) is 11.9. The van der Waals surface area contributed by atoms with Gasteiger partial charge in [0.25, 0.3) is 10.0 Å². The van der Waals surface area contributed by atoms with Crippen LogP contribution in [0.4, 0.5) is 5.69 Å². The van der Waals surface area contributed by atoms with Gasteiger partial charge in [-0.25, -0.2) is 8.42 Å². The fraction of sp³-hybridized carbons (Fsp3) is 0.257. The van der Waals surface area contributed by atoms with Crippen LogP contribution in [0.2, 0.25) is 10.0 Å². The number of rotatable bonds is 14. The van der Waals surface area contributed by atoms with Crippen molar-refractivity contribution in [2.24, 2.45) is 0 Å². The van der Waals surface area contributed by atoms with E-state index in [1.165, 1.54) is 23.1 Å². The highest BCUT2D eigenvalue weighted by molar-refractivity contribution is 9.10. The summed E-state index contributed by atoms with van der Waals surface area (Å²) in [7, 11) is -4.31. The van der Waals surface area contributed by atoms with Gasteiger partial charge in [-0.3, -0.25) is 13.9 Å². The van der Waals surface area contributed by atoms with Crippen molar-refractivity contribution < 1.29 is 18.0 Å². The number of nitrogens with one attached hydrogen (secondary N) is 1. The minimum absolute atomic E-state index is 0.00987. The van der Waals surface area contributed by atoms with Crippen LogP contribution in [0.3, 0.4) is 0 Å². The van der Waals surface area contributed by atoms with Gasteiger partial charge in [0.15, 0.2) is 0 Å². The Hall–Kier alpha value is -3.37. The minimum atomic E-state index is -4.31. The second-order valence-electron chi connectivity index (χ2n) is 10.9. The van der Waals surface area contributed by atoms with Crippen molar-refractivity contribution in [1.82, 2.24) is 10.2 Å². The molecule has 4 rings (SSSR count). The number of anilines is 1. The molecule has 1 atom stereocenters. The predicted octanol–water partition coefficient (Wildman–Crippen LogP) is 7.82. The Balaban J connectivity index is 1.82. The Bertz CT molecular complexity index is 1760. The summed E-state index contributed by atoms with van der Waals surface area (Å²) in [4.78, 5) is 29.8. The first-order valence-corrected chi connectivity index (χ1v) is 17.9. The molecule has 0 heterocycles. The maximum atomic E-state index is 14.6. The number of amides is 2. The molecule has 0 aliphatic rings. The molecule has 0 unspecified atom stereocenters. The van der Waals surface area contributed by atoms with E-state index < -0.39 is 28.5 Å². The van der Waals surface area contributed by atoms with Gasteiger partial charge in [-0.05, 0) is 60.9 Å². The number of hydrogen-bond donors (Lipinski definition) is 1. The van der Waals surface area contributed by atoms with E-state index >= 15 is 0 Å². The fourth-order valence-electron chi connectivity index (χ4n) is 4.93. The predicted molar refractivity (Wildman–Crippen MR) is 189 cm³/mol. The lowest BCUT2D eigenvalue weighted by Crippen LogP contribution is -2.53. The molecule has 4 aromatic rings. The van der Waals surface area contributed by atoms with Crippen molar-refractivity contribution in [2.45, 2.75) is 50.6 Å². The van der Waals surface area contributed by atoms with Crippen LogP contribution in [-0.4, -0.2) is 44.3 Å². The molecule has 2 amide bonds. The molecule has 242 valence electrons. The van der Waals surface area contributed by atoms with E-state index in [4.69, 9.17) is 23.2 Å². The van der Waals surface area contributed by atoms with Crippen LogP contribution in [0.1, 0.15) is 36.5 Å². The highest BCUT2D eigenvalue weighted by atomic mass is 79.9. The van der Waals surface area contributed by atoms with Crippen LogP contribution < -0.4 is 9.62 Å². The lowest BCUT2D eigenvalue weighted by molar-refractivity contribution is -0.140. The maximum Gasteiger partial charge on any atom is 0.264 e. The van der Waals surface area contributed by atoms with Gasteiger partial charge >= 0.3 is 0 Å². The topological polar surface area (TPSA) is 86.8 Å². The molecule has 0 saturated heterocycles. The van der Waals surface area contributed by atoms with Gasteiger partial charge in [0.2, 0.25) is 11.8 Å². The van der Waals surface area contributed by atoms with Crippen molar-refractivity contribution >= 4 is 66.7 Å². The molecule has 0 bridgehead atoms. The number of benzene rings is 4. The molecule has 0 aliphatic heterocycles. The van der Waals surface area contributed by atoms with Crippen LogP contribution in [0.5, 0.6) is 0 Å². The third kappa shape index (κ3) is 9.12. The number of nitrogens with zero attached hydrogens (tertiary/aromatic N) is 2. The molecule has 1 N–H and O–H groups in total. The summed E-state index contributed by atoms with van der Waals surface area (Å²) < 4.78 is 30.2. The molecule has 46 heavy (non-hydrogen) atoms. The van der Waals surface area contributed by atoms with Gasteiger partial charge in [0.1, 0.15) is 12.6 Å². The second-order valence-corrected chi connectivity index (χ2v) is 14.5. The quantitative estimate of drug-likeness (QED) is 0.134. The standard InChI is InChI=1S/C35H36BrCl2N3O4S/c1-3-4-20-39-35(43)32(22-26-10-6-5-7-11-26)40(23-27-12-8-13-28(36)21-27)33(42)24-41(31-15-9-14-30(37)34(31)38)46(44,45)29-18-16-25(2)17-19-29/h5-19,21,32H,3-4,20,22-24H2,1-2H3,(H,39,43)/t32-/m1/s1. The summed E-state index contributed by atoms with van der Waals surface area (Å²) in [6.07, 6.45) is 1.89. The summed E-state index contributed by atoms with van der Waals surface area (Å²) >= 11 is 16.4. The zero-order chi connectivity index (χ0) is 33.3. The molecule has 0 aromatic heterocycles. The van der Waals surface area contributed by atoms with Crippen LogP contribution in [0.15, 0.2) is 106 Å². The van der Waals surface area contributed by atoms with Gasteiger partial charge in [0, 0.05) is 24.0 Å². The van der Waals surface area contributed by atoms with E-state index in [0.29, 0.717) is 6.54 Å². The Morgan fingerprint density at radius 3 is 2.24 bits per heavy atom. The highest BCUT2D eigenvalue weighted by Gasteiger charge is 2.35. The van der Waals surface area contributed by atoms with Crippen molar-refractivity contribution in [3.05, 3.63) is 128 Å². The van der Waals surface area contributed by atoms with Gasteiger partial charge in [-0.2, -0.15) is 0 Å². The van der Waals surface area contributed by atoms with E-state index in [2.05, 4.69) is 21.2 Å². The molecule has 11 heteroatoms. The van der Waals surface area contributed by atoms with Gasteiger partial charge in [0.05, 0.1) is 20.6 Å². The van der Waals surface area contributed by atoms with Crippen molar-refractivity contribution in [3.8, 4) is 0 Å². The number of unbranched alkanes of at least 4 members (excludes halogenated alkanes) is 1. The average molecular weight is 746 g/mol. The first-order valence-electron chi connectivity index (χ1n) is 14.9. The van der Waals surface area contributed by atoms with Crippen molar-refractivity contribution in [1.29, 1.82) is 0 Å². The molecular weight excluding hydrogens is 709 g/mol. The number of sulfonamides is 1. The summed E-state index contributed by atoms with van der Waals surface area (Å²) in [5, 5.41) is 3.11. The van der Waals surface area contributed by atoms with Crippen molar-refractivity contribution in [3.63, 3.8) is 0 Å². The molecule has 0 aliphatic carbocycles. The van der Waals surface area contributed by atoms with E-state index in [1.54, 1.807) is 24.3 Å². The SMILES string of the molecule is CCCCNC(=O)[C@@H](Cc1ccccc1)N(Cc1cccc(Br)c1)C(=O)CN(c1cccc(Cl)c1Cl)S(=O)(=O)c1ccc(C)cc1. The maximum absolute atomic E-state index is 14.6. The van der Waals surface area contributed by atoms with E-state index in [0.717, 1.165) is 38.3 Å². The smallest absolute Gasteiger partial charge is 0.264 e. The summed E-state index contributed by atoms with van der Waals surface area (Å²) in [5.41, 5.74) is 2.54. The summed E-state index contributed by atoms with van der Waals surface area (Å²) in [6.45, 7) is 3.76. The number of aryl methyl sites for hydroxylation is 1. The molecule has 0 radical (unpaired) electrons. The fourth-order valence-corrected chi connectivity index (χ4v) is 7.25. The van der Waals surface area contributed by atoms with Gasteiger partial charge in [-0.15, -0.1) is 0 Å². The van der Waals surface area contributed by atoms with E-state index in [1.807, 2.05) is 68.4 Å². The van der Waals surface area contributed by atoms with Gasteiger partial charge < -0.3 is 10.2 Å². The number of hydrogen-bond acceptors (Lipinski definition) is 4. The Morgan fingerprint density at radius 1 is 0.891 bits per heavy atom. The highest BCUT2D eigenvalue weighted by Crippen LogP contribution is 2.35. The average Bonchev–Trinajstić information content (AvgIpc) is 3.03. The largest absolute Gasteiger partial charge is 0.354 e. The number of carbonyl (C=O) groups excluding carboxylic acids is 2. The summed E-state index contributed by atoms with van der Waals surface area (Å²) in [6, 6.07) is 26.9. The van der Waals surface area contributed by atoms with Crippen molar-refractivity contribution in [2.75, 3.05) is 17.4 Å². The Labute approximate surface area is 289 Å². The third-order valence-electron chi connectivity index (χ3n) is 7.43. The Kier molecular flexibility index (Phi) is 12.7. The van der Waals surface area contributed by atoms with E-state index in [9.17, 15) is 18.0 Å². The molecule has 7 nitrogen and oxygen atoms in total. The lowest BCUT2D eigenvalue weighted by atomic mass is 10.0. The van der Waals surface area contributed by atoms with Crippen LogP contribution in [0.25, 0.3) is 0 Å². The summed E-state index contributed by atoms with van der Waals surface area (Å²) in [5.74, 6) is -0.910. The van der Waals surface area contributed by atoms with Crippen LogP contribution >= 0.6 is 39.1 Å². The number of halogens is 3. The molecule has 4 aromatic carbocycles. The second kappa shape index (κ2) is 16.5. The minimum Gasteiger partial charge on any atom is -0.354 e. The Morgan fingerprint density at radius 2 is 1.57 bits per heavy atom. The zero-order valence-corrected chi connectivity index (χ0v) is 29.5. The molecular formula is C35H36BrCl2N3O4S. The zero-order valence-electron chi connectivity index (χ0n) is 25.6. The number of carbonyl (C=O) groups is 2. The van der Waals surface area contributed by atoms with E-state index in [-0.39, 0.29) is 39.5 Å². The van der Waals surface area contributed by atoms with Crippen LogP contribution in [0, 0.1) is 6.92 Å². The first kappa shape index (κ1) is 35.5.